The number of hydrogen-bond acceptors (Lipinski definition) is 6. The SMILES string of the molecule is C=Nc1nc(-c2ccncn2)nc2c(OCC)cc(-c3ccccc3F)cc12. The molecule has 0 saturated heterocycles. The van der Waals surface area contributed by atoms with Crippen LogP contribution in [0.25, 0.3) is 33.5 Å². The molecule has 0 radical (unpaired) electrons. The summed E-state index contributed by atoms with van der Waals surface area (Å²) in [6.45, 7) is 5.93. The van der Waals surface area contributed by atoms with E-state index in [1.54, 1.807) is 42.6 Å². The van der Waals surface area contributed by atoms with Crippen molar-refractivity contribution in [2.75, 3.05) is 6.61 Å². The molecule has 0 aliphatic rings. The molecular formula is C21H16FN5O. The van der Waals surface area contributed by atoms with Crippen molar-refractivity contribution in [2.24, 2.45) is 4.99 Å². The molecule has 0 aliphatic heterocycles. The predicted molar refractivity (Wildman–Crippen MR) is 106 cm³/mol. The van der Waals surface area contributed by atoms with E-state index in [1.165, 1.54) is 12.4 Å². The number of ether oxygens (including phenoxy) is 1. The average molecular weight is 373 g/mol. The summed E-state index contributed by atoms with van der Waals surface area (Å²) in [6, 6.07) is 11.8. The lowest BCUT2D eigenvalue weighted by molar-refractivity contribution is 0.344. The van der Waals surface area contributed by atoms with Crippen molar-refractivity contribution in [3.05, 3.63) is 60.8 Å². The van der Waals surface area contributed by atoms with Gasteiger partial charge in [-0.15, -0.1) is 0 Å². The maximum atomic E-state index is 14.3. The first-order valence-electron chi connectivity index (χ1n) is 8.68. The molecule has 2 aromatic carbocycles. The molecule has 0 N–H and O–H groups in total. The lowest BCUT2D eigenvalue weighted by atomic mass is 10.0. The van der Waals surface area contributed by atoms with Crippen LogP contribution in [0.3, 0.4) is 0 Å². The Bertz CT molecular complexity index is 1160. The fourth-order valence-electron chi connectivity index (χ4n) is 2.96. The smallest absolute Gasteiger partial charge is 0.181 e. The van der Waals surface area contributed by atoms with E-state index in [0.717, 1.165) is 0 Å². The average Bonchev–Trinajstić information content (AvgIpc) is 2.74. The summed E-state index contributed by atoms with van der Waals surface area (Å²) >= 11 is 0. The van der Waals surface area contributed by atoms with Crippen molar-refractivity contribution in [1.29, 1.82) is 0 Å². The van der Waals surface area contributed by atoms with Crippen LogP contribution in [0.1, 0.15) is 6.92 Å². The third-order valence-electron chi connectivity index (χ3n) is 4.19. The van der Waals surface area contributed by atoms with E-state index in [9.17, 15) is 4.39 Å². The van der Waals surface area contributed by atoms with Gasteiger partial charge >= 0.3 is 0 Å². The summed E-state index contributed by atoms with van der Waals surface area (Å²) in [5.74, 6) is 0.950. The molecule has 0 fully saturated rings. The van der Waals surface area contributed by atoms with E-state index in [0.29, 0.717) is 51.7 Å². The van der Waals surface area contributed by atoms with Crippen molar-refractivity contribution in [1.82, 2.24) is 19.9 Å². The Kier molecular flexibility index (Phi) is 4.72. The standard InChI is InChI=1S/C21H16FN5O/c1-3-28-18-11-13(14-6-4-5-7-16(14)22)10-15-19(18)26-21(27-20(15)23-2)17-8-9-24-12-25-17/h4-12H,2-3H2,1H3. The maximum absolute atomic E-state index is 14.3. The minimum absolute atomic E-state index is 0.323. The third kappa shape index (κ3) is 3.18. The number of hydrogen-bond donors (Lipinski definition) is 0. The number of halogens is 1. The molecule has 0 bridgehead atoms. The lowest BCUT2D eigenvalue weighted by Gasteiger charge is -2.13. The topological polar surface area (TPSA) is 73.2 Å². The first-order valence-corrected chi connectivity index (χ1v) is 8.68. The third-order valence-corrected chi connectivity index (χ3v) is 4.19. The summed E-state index contributed by atoms with van der Waals surface area (Å²) in [7, 11) is 0. The van der Waals surface area contributed by atoms with Crippen LogP contribution < -0.4 is 4.74 Å². The fourth-order valence-corrected chi connectivity index (χ4v) is 2.96. The Morgan fingerprint density at radius 1 is 1.14 bits per heavy atom. The van der Waals surface area contributed by atoms with Gasteiger partial charge in [0.25, 0.3) is 0 Å². The second kappa shape index (κ2) is 7.48. The molecule has 28 heavy (non-hydrogen) atoms. The minimum atomic E-state index is -0.323. The zero-order chi connectivity index (χ0) is 19.5. The summed E-state index contributed by atoms with van der Waals surface area (Å²) in [4.78, 5) is 21.2. The molecule has 6 nitrogen and oxygen atoms in total. The van der Waals surface area contributed by atoms with Gasteiger partial charge in [-0.1, -0.05) is 18.2 Å². The van der Waals surface area contributed by atoms with E-state index in [2.05, 4.69) is 31.6 Å². The Morgan fingerprint density at radius 2 is 2.00 bits per heavy atom. The van der Waals surface area contributed by atoms with Crippen LogP contribution in [-0.2, 0) is 0 Å². The van der Waals surface area contributed by atoms with Gasteiger partial charge in [-0.25, -0.2) is 29.3 Å². The molecule has 138 valence electrons. The van der Waals surface area contributed by atoms with Crippen molar-refractivity contribution in [3.8, 4) is 28.4 Å². The lowest BCUT2D eigenvalue weighted by Crippen LogP contribution is -1.99. The number of benzene rings is 2. The summed E-state index contributed by atoms with van der Waals surface area (Å²) in [5, 5.41) is 0.622. The van der Waals surface area contributed by atoms with Crippen LogP contribution in [0.4, 0.5) is 10.2 Å². The molecule has 4 aromatic rings. The van der Waals surface area contributed by atoms with E-state index in [1.807, 2.05) is 6.92 Å². The van der Waals surface area contributed by atoms with Gasteiger partial charge in [-0.05, 0) is 43.5 Å². The summed E-state index contributed by atoms with van der Waals surface area (Å²) < 4.78 is 20.1. The highest BCUT2D eigenvalue weighted by Gasteiger charge is 2.16. The molecule has 0 unspecified atom stereocenters. The zero-order valence-electron chi connectivity index (χ0n) is 15.1. The van der Waals surface area contributed by atoms with Gasteiger partial charge < -0.3 is 4.74 Å². The van der Waals surface area contributed by atoms with Crippen LogP contribution in [0, 0.1) is 5.82 Å². The van der Waals surface area contributed by atoms with Gasteiger partial charge in [0, 0.05) is 17.1 Å². The Balaban J connectivity index is 2.01. The molecule has 0 spiro atoms. The van der Waals surface area contributed by atoms with E-state index >= 15 is 0 Å². The van der Waals surface area contributed by atoms with Gasteiger partial charge in [0.2, 0.25) is 0 Å². The highest BCUT2D eigenvalue weighted by atomic mass is 19.1. The van der Waals surface area contributed by atoms with E-state index < -0.39 is 0 Å². The maximum Gasteiger partial charge on any atom is 0.181 e. The van der Waals surface area contributed by atoms with Gasteiger partial charge in [-0.3, -0.25) is 0 Å². The molecule has 0 atom stereocenters. The van der Waals surface area contributed by atoms with Crippen molar-refractivity contribution < 1.29 is 9.13 Å². The quantitative estimate of drug-likeness (QED) is 0.477. The number of nitrogens with zero attached hydrogens (tertiary/aromatic N) is 5. The number of fused-ring (bicyclic) bond motifs is 1. The largest absolute Gasteiger partial charge is 0.492 e. The molecular weight excluding hydrogens is 357 g/mol. The monoisotopic (exact) mass is 373 g/mol. The van der Waals surface area contributed by atoms with Crippen LogP contribution in [0.5, 0.6) is 5.75 Å². The molecule has 0 saturated carbocycles. The van der Waals surface area contributed by atoms with Crippen LogP contribution in [0.2, 0.25) is 0 Å². The Labute approximate surface area is 160 Å². The minimum Gasteiger partial charge on any atom is -0.492 e. The molecule has 7 heteroatoms. The first-order chi connectivity index (χ1) is 13.7. The molecule has 4 rings (SSSR count). The highest BCUT2D eigenvalue weighted by molar-refractivity contribution is 5.97. The predicted octanol–water partition coefficient (Wildman–Crippen LogP) is 4.62. The van der Waals surface area contributed by atoms with Crippen LogP contribution in [-0.4, -0.2) is 33.3 Å². The normalized spacial score (nSPS) is 10.8. The molecule has 2 heterocycles. The van der Waals surface area contributed by atoms with Crippen molar-refractivity contribution in [3.63, 3.8) is 0 Å². The molecule has 0 amide bonds. The number of aromatic nitrogens is 4. The number of aliphatic imine (C=N–C) groups is 1. The summed E-state index contributed by atoms with van der Waals surface area (Å²) in [5.41, 5.74) is 2.23. The molecule has 0 aliphatic carbocycles. The second-order valence-corrected chi connectivity index (χ2v) is 5.91. The van der Waals surface area contributed by atoms with Crippen molar-refractivity contribution in [2.45, 2.75) is 6.92 Å². The van der Waals surface area contributed by atoms with Crippen LogP contribution in [0.15, 0.2) is 60.0 Å². The summed E-state index contributed by atoms with van der Waals surface area (Å²) in [6.07, 6.45) is 3.04. The van der Waals surface area contributed by atoms with Gasteiger partial charge in [-0.2, -0.15) is 0 Å². The van der Waals surface area contributed by atoms with Gasteiger partial charge in [0.1, 0.15) is 29.1 Å². The molecule has 2 aromatic heterocycles. The van der Waals surface area contributed by atoms with Crippen molar-refractivity contribution >= 4 is 23.4 Å². The zero-order valence-corrected chi connectivity index (χ0v) is 15.1. The van der Waals surface area contributed by atoms with Gasteiger partial charge in [0.15, 0.2) is 11.6 Å². The second-order valence-electron chi connectivity index (χ2n) is 5.91. The van der Waals surface area contributed by atoms with E-state index in [-0.39, 0.29) is 5.82 Å². The fraction of sp³-hybridized carbons (Fsp3) is 0.0952. The van der Waals surface area contributed by atoms with Crippen LogP contribution >= 0.6 is 0 Å². The first kappa shape index (κ1) is 17.7. The highest BCUT2D eigenvalue weighted by Crippen LogP contribution is 2.37. The Morgan fingerprint density at radius 3 is 2.71 bits per heavy atom. The number of rotatable bonds is 5. The van der Waals surface area contributed by atoms with E-state index in [4.69, 9.17) is 4.74 Å². The Hall–Kier alpha value is -3.74. The van der Waals surface area contributed by atoms with Gasteiger partial charge in [0.05, 0.1) is 6.61 Å².